The molecule has 2 aromatic carbocycles. The van der Waals surface area contributed by atoms with Crippen molar-refractivity contribution in [3.8, 4) is 5.88 Å². The van der Waals surface area contributed by atoms with Gasteiger partial charge in [-0.05, 0) is 30.2 Å². The van der Waals surface area contributed by atoms with Crippen LogP contribution in [0.3, 0.4) is 0 Å². The second kappa shape index (κ2) is 8.47. The third-order valence-electron chi connectivity index (χ3n) is 4.56. The molecule has 0 bridgehead atoms. The van der Waals surface area contributed by atoms with Crippen LogP contribution in [0.25, 0.3) is 0 Å². The minimum atomic E-state index is -0.777. The molecule has 1 aromatic heterocycles. The number of aromatic amines is 1. The van der Waals surface area contributed by atoms with Crippen molar-refractivity contribution in [1.82, 2.24) is 15.3 Å². The van der Waals surface area contributed by atoms with Gasteiger partial charge in [-0.15, -0.1) is 0 Å². The predicted molar refractivity (Wildman–Crippen MR) is 102 cm³/mol. The summed E-state index contributed by atoms with van der Waals surface area (Å²) >= 11 is 0. The Bertz CT molecular complexity index is 1000. The molecule has 0 fully saturated rings. The summed E-state index contributed by atoms with van der Waals surface area (Å²) in [4.78, 5) is 31.1. The number of carbonyl (C=O) groups is 1. The summed E-state index contributed by atoms with van der Waals surface area (Å²) in [5, 5.41) is 13.0. The van der Waals surface area contributed by atoms with Crippen LogP contribution in [0.1, 0.15) is 42.0 Å². The standard InChI is InChI=1S/C21H20FN3O3/c1-13(14-5-3-2-4-6-14)25-18(26)11-17(15-7-9-16(22)10-8-15)19-20(27)23-12-24-21(19)28/h2-10,12-13,17H,11H2,1H3,(H,25,26)(H2,23,24,27,28)/t13-,17?/m0/s1. The largest absolute Gasteiger partial charge is 0.493 e. The Balaban J connectivity index is 1.88. The molecular formula is C21H20FN3O3. The molecule has 1 heterocycles. The maximum absolute atomic E-state index is 13.3. The molecule has 28 heavy (non-hydrogen) atoms. The third kappa shape index (κ3) is 4.43. The number of carbonyl (C=O) groups excluding carboxylic acids is 1. The minimum Gasteiger partial charge on any atom is -0.493 e. The fourth-order valence-corrected chi connectivity index (χ4v) is 3.11. The number of rotatable bonds is 6. The molecule has 1 amide bonds. The van der Waals surface area contributed by atoms with Crippen LogP contribution in [0.4, 0.5) is 4.39 Å². The zero-order chi connectivity index (χ0) is 20.1. The molecular weight excluding hydrogens is 361 g/mol. The van der Waals surface area contributed by atoms with E-state index in [1.54, 1.807) is 0 Å². The summed E-state index contributed by atoms with van der Waals surface area (Å²) in [6, 6.07) is 14.7. The highest BCUT2D eigenvalue weighted by atomic mass is 19.1. The number of amides is 1. The highest BCUT2D eigenvalue weighted by Crippen LogP contribution is 2.30. The van der Waals surface area contributed by atoms with Crippen LogP contribution in [-0.4, -0.2) is 21.0 Å². The Morgan fingerprint density at radius 1 is 1.14 bits per heavy atom. The second-order valence-electron chi connectivity index (χ2n) is 6.48. The number of hydrogen-bond acceptors (Lipinski definition) is 4. The number of aromatic hydroxyl groups is 1. The average molecular weight is 381 g/mol. The zero-order valence-electron chi connectivity index (χ0n) is 15.2. The monoisotopic (exact) mass is 381 g/mol. The first-order chi connectivity index (χ1) is 13.5. The topological polar surface area (TPSA) is 95.1 Å². The smallest absolute Gasteiger partial charge is 0.258 e. The van der Waals surface area contributed by atoms with E-state index in [9.17, 15) is 19.1 Å². The summed E-state index contributed by atoms with van der Waals surface area (Å²) in [5.41, 5.74) is 0.885. The number of nitrogens with one attached hydrogen (secondary N) is 2. The number of nitrogens with zero attached hydrogens (tertiary/aromatic N) is 1. The predicted octanol–water partition coefficient (Wildman–Crippen LogP) is 3.01. The van der Waals surface area contributed by atoms with E-state index in [4.69, 9.17) is 0 Å². The van der Waals surface area contributed by atoms with Crippen molar-refractivity contribution < 1.29 is 14.3 Å². The molecule has 0 aliphatic heterocycles. The lowest BCUT2D eigenvalue weighted by atomic mass is 9.89. The average Bonchev–Trinajstić information content (AvgIpc) is 2.68. The van der Waals surface area contributed by atoms with Gasteiger partial charge >= 0.3 is 0 Å². The van der Waals surface area contributed by atoms with E-state index in [0.717, 1.165) is 11.9 Å². The summed E-state index contributed by atoms with van der Waals surface area (Å²) in [7, 11) is 0. The molecule has 6 nitrogen and oxygen atoms in total. The lowest BCUT2D eigenvalue weighted by Gasteiger charge is -2.20. The van der Waals surface area contributed by atoms with Gasteiger partial charge in [0, 0.05) is 12.3 Å². The van der Waals surface area contributed by atoms with Gasteiger partial charge in [0.25, 0.3) is 5.56 Å². The van der Waals surface area contributed by atoms with Gasteiger partial charge < -0.3 is 15.4 Å². The number of hydrogen-bond donors (Lipinski definition) is 3. The van der Waals surface area contributed by atoms with Crippen molar-refractivity contribution in [2.75, 3.05) is 0 Å². The molecule has 2 atom stereocenters. The van der Waals surface area contributed by atoms with Crippen LogP contribution < -0.4 is 10.9 Å². The number of aromatic nitrogens is 2. The highest BCUT2D eigenvalue weighted by molar-refractivity contribution is 5.78. The fraction of sp³-hybridized carbons (Fsp3) is 0.190. The Kier molecular flexibility index (Phi) is 5.84. The van der Waals surface area contributed by atoms with Crippen molar-refractivity contribution in [2.45, 2.75) is 25.3 Å². The Labute approximate surface area is 161 Å². The zero-order valence-corrected chi connectivity index (χ0v) is 15.2. The summed E-state index contributed by atoms with van der Waals surface area (Å²) in [6.45, 7) is 1.86. The van der Waals surface area contributed by atoms with Gasteiger partial charge in [0.1, 0.15) is 5.82 Å². The first kappa shape index (κ1) is 19.3. The Morgan fingerprint density at radius 3 is 2.46 bits per heavy atom. The van der Waals surface area contributed by atoms with E-state index in [1.807, 2.05) is 37.3 Å². The van der Waals surface area contributed by atoms with Crippen molar-refractivity contribution in [3.05, 3.63) is 93.8 Å². The van der Waals surface area contributed by atoms with Gasteiger partial charge in [-0.2, -0.15) is 0 Å². The molecule has 0 aliphatic carbocycles. The Hall–Kier alpha value is -3.48. The molecule has 0 saturated carbocycles. The van der Waals surface area contributed by atoms with Crippen molar-refractivity contribution in [2.24, 2.45) is 0 Å². The summed E-state index contributed by atoms with van der Waals surface area (Å²) < 4.78 is 13.3. The lowest BCUT2D eigenvalue weighted by Crippen LogP contribution is -2.29. The molecule has 0 spiro atoms. The van der Waals surface area contributed by atoms with Crippen molar-refractivity contribution >= 4 is 5.91 Å². The van der Waals surface area contributed by atoms with Crippen LogP contribution >= 0.6 is 0 Å². The molecule has 3 N–H and O–H groups in total. The van der Waals surface area contributed by atoms with Crippen LogP contribution in [0, 0.1) is 5.82 Å². The molecule has 3 aromatic rings. The number of halogens is 1. The van der Waals surface area contributed by atoms with Crippen LogP contribution in [0.15, 0.2) is 65.7 Å². The van der Waals surface area contributed by atoms with E-state index >= 15 is 0 Å². The Morgan fingerprint density at radius 2 is 1.82 bits per heavy atom. The lowest BCUT2D eigenvalue weighted by molar-refractivity contribution is -0.121. The highest BCUT2D eigenvalue weighted by Gasteiger charge is 2.25. The van der Waals surface area contributed by atoms with Gasteiger partial charge in [-0.3, -0.25) is 9.59 Å². The molecule has 3 rings (SSSR count). The fourth-order valence-electron chi connectivity index (χ4n) is 3.11. The summed E-state index contributed by atoms with van der Waals surface area (Å²) in [5.74, 6) is -1.98. The quantitative estimate of drug-likeness (QED) is 0.612. The number of benzene rings is 2. The van der Waals surface area contributed by atoms with E-state index in [1.165, 1.54) is 24.3 Å². The van der Waals surface area contributed by atoms with Crippen LogP contribution in [-0.2, 0) is 4.79 Å². The molecule has 0 aliphatic rings. The molecule has 144 valence electrons. The van der Waals surface area contributed by atoms with E-state index in [0.29, 0.717) is 5.56 Å². The first-order valence-corrected chi connectivity index (χ1v) is 8.82. The maximum Gasteiger partial charge on any atom is 0.258 e. The molecule has 0 saturated heterocycles. The van der Waals surface area contributed by atoms with Crippen LogP contribution in [0.5, 0.6) is 5.88 Å². The summed E-state index contributed by atoms with van der Waals surface area (Å²) in [6.07, 6.45) is 0.978. The van der Waals surface area contributed by atoms with Gasteiger partial charge in [0.15, 0.2) is 0 Å². The normalized spacial score (nSPS) is 12.9. The minimum absolute atomic E-state index is 0.0309. The van der Waals surface area contributed by atoms with Gasteiger partial charge in [-0.25, -0.2) is 9.37 Å². The second-order valence-corrected chi connectivity index (χ2v) is 6.48. The van der Waals surface area contributed by atoms with Gasteiger partial charge in [0.2, 0.25) is 11.8 Å². The molecule has 1 unspecified atom stereocenters. The van der Waals surface area contributed by atoms with E-state index in [2.05, 4.69) is 15.3 Å². The third-order valence-corrected chi connectivity index (χ3v) is 4.56. The van der Waals surface area contributed by atoms with E-state index < -0.39 is 23.2 Å². The molecule has 7 heteroatoms. The number of H-pyrrole nitrogens is 1. The van der Waals surface area contributed by atoms with E-state index in [-0.39, 0.29) is 23.9 Å². The van der Waals surface area contributed by atoms with Gasteiger partial charge in [-0.1, -0.05) is 42.5 Å². The SMILES string of the molecule is C[C@H](NC(=O)CC(c1ccc(F)cc1)c1c(O)nc[nH]c1=O)c1ccccc1. The van der Waals surface area contributed by atoms with Crippen LogP contribution in [0.2, 0.25) is 0 Å². The first-order valence-electron chi connectivity index (χ1n) is 8.82. The maximum atomic E-state index is 13.3. The van der Waals surface area contributed by atoms with Crippen molar-refractivity contribution in [3.63, 3.8) is 0 Å². The van der Waals surface area contributed by atoms with Crippen molar-refractivity contribution in [1.29, 1.82) is 0 Å². The molecule has 0 radical (unpaired) electrons. The van der Waals surface area contributed by atoms with Gasteiger partial charge in [0.05, 0.1) is 17.9 Å².